The van der Waals surface area contributed by atoms with Gasteiger partial charge in [0.1, 0.15) is 5.54 Å². The fraction of sp³-hybridized carbons (Fsp3) is 0.462. The molecule has 1 N–H and O–H groups in total. The Labute approximate surface area is 105 Å². The summed E-state index contributed by atoms with van der Waals surface area (Å²) in [4.78, 5) is 11.4. The predicted octanol–water partition coefficient (Wildman–Crippen LogP) is 2.67. The molecule has 18 heavy (non-hydrogen) atoms. The van der Waals surface area contributed by atoms with Gasteiger partial charge in [0, 0.05) is 12.1 Å². The smallest absolute Gasteiger partial charge is 0.325 e. The van der Waals surface area contributed by atoms with Gasteiger partial charge in [0.15, 0.2) is 0 Å². The van der Waals surface area contributed by atoms with Crippen LogP contribution >= 0.6 is 0 Å². The largest absolute Gasteiger partial charge is 0.468 e. The highest BCUT2D eigenvalue weighted by Crippen LogP contribution is 2.18. The Morgan fingerprint density at radius 3 is 2.33 bits per heavy atom. The molecule has 0 aromatic heterocycles. The van der Waals surface area contributed by atoms with Gasteiger partial charge in [0.25, 0.3) is 6.43 Å². The lowest BCUT2D eigenvalue weighted by Gasteiger charge is -2.23. The third-order valence-corrected chi connectivity index (χ3v) is 2.66. The summed E-state index contributed by atoms with van der Waals surface area (Å²) in [5.74, 6) is -0.369. The van der Waals surface area contributed by atoms with Gasteiger partial charge in [-0.2, -0.15) is 0 Å². The van der Waals surface area contributed by atoms with E-state index in [9.17, 15) is 13.6 Å². The number of methoxy groups -OCH3 is 1. The van der Waals surface area contributed by atoms with Crippen molar-refractivity contribution in [3.05, 3.63) is 35.4 Å². The molecule has 5 heteroatoms. The number of rotatable bonds is 5. The monoisotopic (exact) mass is 257 g/mol. The first-order valence-electron chi connectivity index (χ1n) is 5.57. The lowest BCUT2D eigenvalue weighted by Crippen LogP contribution is -2.46. The van der Waals surface area contributed by atoms with Gasteiger partial charge in [-0.25, -0.2) is 8.78 Å². The molecule has 0 amide bonds. The van der Waals surface area contributed by atoms with E-state index in [1.54, 1.807) is 26.0 Å². The van der Waals surface area contributed by atoms with E-state index in [1.165, 1.54) is 19.2 Å². The number of hydrogen-bond acceptors (Lipinski definition) is 3. The first-order chi connectivity index (χ1) is 8.36. The van der Waals surface area contributed by atoms with Gasteiger partial charge in [-0.3, -0.25) is 10.1 Å². The van der Waals surface area contributed by atoms with Crippen molar-refractivity contribution in [1.29, 1.82) is 0 Å². The fourth-order valence-electron chi connectivity index (χ4n) is 1.43. The van der Waals surface area contributed by atoms with E-state index in [4.69, 9.17) is 0 Å². The Bertz CT molecular complexity index is 402. The molecule has 1 aromatic carbocycles. The molecule has 0 bridgehead atoms. The molecule has 0 saturated heterocycles. The number of alkyl halides is 2. The van der Waals surface area contributed by atoms with Crippen molar-refractivity contribution in [2.45, 2.75) is 32.4 Å². The van der Waals surface area contributed by atoms with E-state index in [-0.39, 0.29) is 11.5 Å². The molecule has 0 aliphatic rings. The van der Waals surface area contributed by atoms with Gasteiger partial charge in [0.05, 0.1) is 7.11 Å². The molecule has 0 atom stereocenters. The molecule has 1 aromatic rings. The Morgan fingerprint density at radius 2 is 1.89 bits per heavy atom. The summed E-state index contributed by atoms with van der Waals surface area (Å²) in [6.07, 6.45) is -2.46. The van der Waals surface area contributed by atoms with Crippen molar-refractivity contribution in [1.82, 2.24) is 5.32 Å². The Hall–Kier alpha value is -1.49. The number of halogens is 2. The molecule has 0 aliphatic carbocycles. The minimum atomic E-state index is -2.46. The second-order valence-electron chi connectivity index (χ2n) is 4.51. The minimum Gasteiger partial charge on any atom is -0.468 e. The van der Waals surface area contributed by atoms with Crippen molar-refractivity contribution >= 4 is 5.97 Å². The van der Waals surface area contributed by atoms with Crippen LogP contribution in [0.5, 0.6) is 0 Å². The number of ether oxygens (including phenoxy) is 1. The van der Waals surface area contributed by atoms with Crippen LogP contribution in [-0.2, 0) is 16.1 Å². The van der Waals surface area contributed by atoms with Crippen molar-refractivity contribution in [3.8, 4) is 0 Å². The second-order valence-corrected chi connectivity index (χ2v) is 4.51. The SMILES string of the molecule is COC(=O)C(C)(C)NCc1ccc(C(F)F)cc1. The topological polar surface area (TPSA) is 38.3 Å². The van der Waals surface area contributed by atoms with E-state index in [0.29, 0.717) is 6.54 Å². The molecule has 100 valence electrons. The number of hydrogen-bond donors (Lipinski definition) is 1. The zero-order chi connectivity index (χ0) is 13.8. The van der Waals surface area contributed by atoms with Gasteiger partial charge < -0.3 is 4.74 Å². The molecular formula is C13H17F2NO2. The molecule has 0 unspecified atom stereocenters. The third-order valence-electron chi connectivity index (χ3n) is 2.66. The zero-order valence-corrected chi connectivity index (χ0v) is 10.7. The van der Waals surface area contributed by atoms with Crippen LogP contribution in [0.1, 0.15) is 31.4 Å². The summed E-state index contributed by atoms with van der Waals surface area (Å²) >= 11 is 0. The van der Waals surface area contributed by atoms with Gasteiger partial charge in [-0.1, -0.05) is 24.3 Å². The number of carbonyl (C=O) groups excluding carboxylic acids is 1. The molecule has 0 fully saturated rings. The highest BCUT2D eigenvalue weighted by Gasteiger charge is 2.27. The summed E-state index contributed by atoms with van der Waals surface area (Å²) in [6, 6.07) is 5.99. The Morgan fingerprint density at radius 1 is 1.33 bits per heavy atom. The maximum absolute atomic E-state index is 12.3. The molecule has 3 nitrogen and oxygen atoms in total. The van der Waals surface area contributed by atoms with E-state index in [1.807, 2.05) is 0 Å². The van der Waals surface area contributed by atoms with Crippen LogP contribution in [0, 0.1) is 0 Å². The van der Waals surface area contributed by atoms with Crippen molar-refractivity contribution in [2.75, 3.05) is 7.11 Å². The van der Waals surface area contributed by atoms with Gasteiger partial charge in [0.2, 0.25) is 0 Å². The average molecular weight is 257 g/mol. The first-order valence-corrected chi connectivity index (χ1v) is 5.57. The van der Waals surface area contributed by atoms with Crippen molar-refractivity contribution in [2.24, 2.45) is 0 Å². The normalized spacial score (nSPS) is 11.7. The summed E-state index contributed by atoms with van der Waals surface area (Å²) in [5.41, 5.74) is 0.0122. The molecule has 0 heterocycles. The van der Waals surface area contributed by atoms with Crippen LogP contribution in [0.4, 0.5) is 8.78 Å². The number of carbonyl (C=O) groups is 1. The number of esters is 1. The summed E-state index contributed by atoms with van der Waals surface area (Å²) < 4.78 is 29.4. The van der Waals surface area contributed by atoms with E-state index in [2.05, 4.69) is 10.1 Å². The van der Waals surface area contributed by atoms with Crippen molar-refractivity contribution in [3.63, 3.8) is 0 Å². The highest BCUT2D eigenvalue weighted by atomic mass is 19.3. The maximum atomic E-state index is 12.3. The number of nitrogens with one attached hydrogen (secondary N) is 1. The maximum Gasteiger partial charge on any atom is 0.325 e. The number of benzene rings is 1. The van der Waals surface area contributed by atoms with Crippen LogP contribution in [-0.4, -0.2) is 18.6 Å². The van der Waals surface area contributed by atoms with Crippen LogP contribution < -0.4 is 5.32 Å². The quantitative estimate of drug-likeness (QED) is 0.824. The predicted molar refractivity (Wildman–Crippen MR) is 64.3 cm³/mol. The lowest BCUT2D eigenvalue weighted by atomic mass is 10.1. The molecule has 0 aliphatic heterocycles. The summed E-state index contributed by atoms with van der Waals surface area (Å²) in [7, 11) is 1.32. The van der Waals surface area contributed by atoms with E-state index < -0.39 is 12.0 Å². The van der Waals surface area contributed by atoms with E-state index in [0.717, 1.165) is 5.56 Å². The van der Waals surface area contributed by atoms with Gasteiger partial charge >= 0.3 is 5.97 Å². The average Bonchev–Trinajstić information content (AvgIpc) is 2.35. The van der Waals surface area contributed by atoms with Gasteiger partial charge in [-0.15, -0.1) is 0 Å². The molecule has 0 saturated carbocycles. The second kappa shape index (κ2) is 5.91. The first kappa shape index (κ1) is 14.6. The Balaban J connectivity index is 2.61. The zero-order valence-electron chi connectivity index (χ0n) is 10.7. The van der Waals surface area contributed by atoms with Crippen LogP contribution in [0.15, 0.2) is 24.3 Å². The molecule has 0 radical (unpaired) electrons. The van der Waals surface area contributed by atoms with Crippen LogP contribution in [0.3, 0.4) is 0 Å². The van der Waals surface area contributed by atoms with Crippen LogP contribution in [0.2, 0.25) is 0 Å². The molecule has 1 rings (SSSR count). The summed E-state index contributed by atoms with van der Waals surface area (Å²) in [5, 5.41) is 3.01. The van der Waals surface area contributed by atoms with Crippen LogP contribution in [0.25, 0.3) is 0 Å². The fourth-order valence-corrected chi connectivity index (χ4v) is 1.43. The standard InChI is InChI=1S/C13H17F2NO2/c1-13(2,12(17)18-3)16-8-9-4-6-10(7-5-9)11(14)15/h4-7,11,16H,8H2,1-3H3. The minimum absolute atomic E-state index is 0.00835. The van der Waals surface area contributed by atoms with Crippen molar-refractivity contribution < 1.29 is 18.3 Å². The highest BCUT2D eigenvalue weighted by molar-refractivity contribution is 5.79. The van der Waals surface area contributed by atoms with Gasteiger partial charge in [-0.05, 0) is 19.4 Å². The molecular weight excluding hydrogens is 240 g/mol. The molecule has 0 spiro atoms. The van der Waals surface area contributed by atoms with E-state index >= 15 is 0 Å². The summed E-state index contributed by atoms with van der Waals surface area (Å²) in [6.45, 7) is 3.81. The Kier molecular flexibility index (Phi) is 4.78. The lowest BCUT2D eigenvalue weighted by molar-refractivity contribution is -0.147. The third kappa shape index (κ3) is 3.77.